The summed E-state index contributed by atoms with van der Waals surface area (Å²) in [6.45, 7) is 0. The van der Waals surface area contributed by atoms with Crippen LogP contribution in [0.1, 0.15) is 11.8 Å². The maximum absolute atomic E-state index is 6.86. The molecule has 10 aromatic carbocycles. The molecule has 1 N–H and O–H groups in total. The number of hydrogen-bond donors (Lipinski definition) is 1. The van der Waals surface area contributed by atoms with E-state index in [1.165, 1.54) is 22.3 Å². The summed E-state index contributed by atoms with van der Waals surface area (Å²) in [7, 11) is 0. The molecule has 0 fully saturated rings. The first-order valence-electron chi connectivity index (χ1n) is 20.5. The van der Waals surface area contributed by atoms with Crippen LogP contribution in [0.5, 0.6) is 5.75 Å². The van der Waals surface area contributed by atoms with Crippen LogP contribution in [-0.2, 0) is 0 Å². The number of nitrogens with zero attached hydrogens (tertiary/aromatic N) is 1. The highest BCUT2D eigenvalue weighted by molar-refractivity contribution is 6.18. The molecule has 0 aromatic heterocycles. The minimum absolute atomic E-state index is 0.272. The van der Waals surface area contributed by atoms with E-state index >= 15 is 0 Å². The maximum Gasteiger partial charge on any atom is 0.196 e. The van der Waals surface area contributed by atoms with Crippen LogP contribution in [0.3, 0.4) is 0 Å². The van der Waals surface area contributed by atoms with Crippen LogP contribution in [0.25, 0.3) is 66.1 Å². The van der Waals surface area contributed by atoms with Gasteiger partial charge in [0.1, 0.15) is 0 Å². The Hall–Kier alpha value is -7.88. The van der Waals surface area contributed by atoms with Gasteiger partial charge in [-0.2, -0.15) is 0 Å². The Morgan fingerprint density at radius 3 is 1.62 bits per heavy atom. The molecule has 284 valence electrons. The van der Waals surface area contributed by atoms with Crippen molar-refractivity contribution in [1.29, 1.82) is 0 Å². The Kier molecular flexibility index (Phi) is 8.90. The number of rotatable bonds is 8. The first-order valence-corrected chi connectivity index (χ1v) is 20.5. The smallest absolute Gasteiger partial charge is 0.196 e. The van der Waals surface area contributed by atoms with Gasteiger partial charge in [-0.15, -0.1) is 0 Å². The largest absolute Gasteiger partial charge is 0.464 e. The SMILES string of the molecule is c1ccc(-c2ccccc2-c2cccc(N(c3ccc4c(c3)cc(-c3ccccc3)c3ccc5c(c34)OC(c3ccccc3)N5)c3ccccc3-c3ccccc3)c2)cc1. The van der Waals surface area contributed by atoms with E-state index < -0.39 is 0 Å². The fraction of sp³-hybridized carbons (Fsp3) is 0.0175. The van der Waals surface area contributed by atoms with Crippen LogP contribution >= 0.6 is 0 Å². The van der Waals surface area contributed by atoms with E-state index in [1.54, 1.807) is 0 Å². The van der Waals surface area contributed by atoms with E-state index in [2.05, 4.69) is 235 Å². The highest BCUT2D eigenvalue weighted by Gasteiger charge is 2.28. The molecule has 10 aromatic rings. The van der Waals surface area contributed by atoms with E-state index in [9.17, 15) is 0 Å². The number of fused-ring (bicyclic) bond motifs is 5. The maximum atomic E-state index is 6.86. The minimum Gasteiger partial charge on any atom is -0.464 e. The van der Waals surface area contributed by atoms with Crippen molar-refractivity contribution >= 4 is 44.3 Å². The van der Waals surface area contributed by atoms with Gasteiger partial charge in [-0.05, 0) is 97.6 Å². The van der Waals surface area contributed by atoms with E-state index in [1.807, 2.05) is 6.07 Å². The second kappa shape index (κ2) is 15.1. The lowest BCUT2D eigenvalue weighted by Crippen LogP contribution is -2.11. The normalized spacial score (nSPS) is 13.1. The molecule has 1 aliphatic rings. The Morgan fingerprint density at radius 1 is 0.383 bits per heavy atom. The summed E-state index contributed by atoms with van der Waals surface area (Å²) in [5.74, 6) is 0.882. The number of nitrogens with one attached hydrogen (secondary N) is 1. The van der Waals surface area contributed by atoms with E-state index in [0.29, 0.717) is 0 Å². The van der Waals surface area contributed by atoms with Crippen LogP contribution in [-0.4, -0.2) is 0 Å². The second-order valence-corrected chi connectivity index (χ2v) is 15.3. The van der Waals surface area contributed by atoms with Crippen molar-refractivity contribution in [2.24, 2.45) is 0 Å². The van der Waals surface area contributed by atoms with Gasteiger partial charge >= 0.3 is 0 Å². The molecule has 0 bridgehead atoms. The van der Waals surface area contributed by atoms with Crippen LogP contribution in [0.2, 0.25) is 0 Å². The molecule has 1 unspecified atom stereocenters. The van der Waals surface area contributed by atoms with E-state index in [4.69, 9.17) is 4.74 Å². The fourth-order valence-electron chi connectivity index (χ4n) is 8.88. The Morgan fingerprint density at radius 2 is 0.917 bits per heavy atom. The van der Waals surface area contributed by atoms with Gasteiger partial charge in [0.25, 0.3) is 0 Å². The van der Waals surface area contributed by atoms with Gasteiger partial charge in [0.15, 0.2) is 12.0 Å². The molecule has 1 atom stereocenters. The molecule has 60 heavy (non-hydrogen) atoms. The predicted molar refractivity (Wildman–Crippen MR) is 251 cm³/mol. The predicted octanol–water partition coefficient (Wildman–Crippen LogP) is 15.6. The zero-order valence-electron chi connectivity index (χ0n) is 32.9. The average molecular weight is 769 g/mol. The topological polar surface area (TPSA) is 24.5 Å². The molecular weight excluding hydrogens is 729 g/mol. The molecule has 0 saturated heterocycles. The Balaban J connectivity index is 1.13. The molecule has 0 saturated carbocycles. The first kappa shape index (κ1) is 35.3. The molecule has 3 heteroatoms. The van der Waals surface area contributed by atoms with Crippen molar-refractivity contribution in [3.05, 3.63) is 236 Å². The fourth-order valence-corrected chi connectivity index (χ4v) is 8.88. The molecule has 11 rings (SSSR count). The summed E-state index contributed by atoms with van der Waals surface area (Å²) in [6.07, 6.45) is -0.272. The number of benzene rings is 10. The van der Waals surface area contributed by atoms with Gasteiger partial charge in [-0.3, -0.25) is 0 Å². The summed E-state index contributed by atoms with van der Waals surface area (Å²) >= 11 is 0. The van der Waals surface area contributed by atoms with Crippen molar-refractivity contribution in [3.63, 3.8) is 0 Å². The quantitative estimate of drug-likeness (QED) is 0.156. The summed E-state index contributed by atoms with van der Waals surface area (Å²) in [4.78, 5) is 2.42. The molecule has 0 amide bonds. The van der Waals surface area contributed by atoms with Crippen molar-refractivity contribution < 1.29 is 4.74 Å². The van der Waals surface area contributed by atoms with Gasteiger partial charge in [0, 0.05) is 27.9 Å². The number of para-hydroxylation sites is 1. The molecular formula is C57H40N2O. The monoisotopic (exact) mass is 768 g/mol. The van der Waals surface area contributed by atoms with E-state index in [-0.39, 0.29) is 6.23 Å². The van der Waals surface area contributed by atoms with Gasteiger partial charge in [0.05, 0.1) is 11.4 Å². The Bertz CT molecular complexity index is 3150. The third-order valence-corrected chi connectivity index (χ3v) is 11.7. The lowest BCUT2D eigenvalue weighted by molar-refractivity contribution is 0.263. The zero-order chi connectivity index (χ0) is 39.8. The van der Waals surface area contributed by atoms with Crippen LogP contribution < -0.4 is 15.0 Å². The lowest BCUT2D eigenvalue weighted by Gasteiger charge is -2.29. The Labute approximate surface area is 350 Å². The van der Waals surface area contributed by atoms with Gasteiger partial charge in [0.2, 0.25) is 0 Å². The van der Waals surface area contributed by atoms with Gasteiger partial charge in [-0.25, -0.2) is 0 Å². The highest BCUT2D eigenvalue weighted by Crippen LogP contribution is 2.50. The van der Waals surface area contributed by atoms with Gasteiger partial charge in [-0.1, -0.05) is 188 Å². The van der Waals surface area contributed by atoms with Gasteiger partial charge < -0.3 is 15.0 Å². The summed E-state index contributed by atoms with van der Waals surface area (Å²) in [6, 6.07) is 82.5. The van der Waals surface area contributed by atoms with Crippen LogP contribution in [0, 0.1) is 0 Å². The van der Waals surface area contributed by atoms with Crippen molar-refractivity contribution in [2.75, 3.05) is 10.2 Å². The van der Waals surface area contributed by atoms with Crippen molar-refractivity contribution in [2.45, 2.75) is 6.23 Å². The van der Waals surface area contributed by atoms with Crippen molar-refractivity contribution in [3.8, 4) is 50.3 Å². The van der Waals surface area contributed by atoms with Crippen LogP contribution in [0.15, 0.2) is 231 Å². The second-order valence-electron chi connectivity index (χ2n) is 15.3. The molecule has 0 spiro atoms. The third-order valence-electron chi connectivity index (χ3n) is 11.7. The van der Waals surface area contributed by atoms with E-state index in [0.717, 1.165) is 77.9 Å². The van der Waals surface area contributed by atoms with Crippen LogP contribution in [0.4, 0.5) is 22.7 Å². The molecule has 0 aliphatic carbocycles. The zero-order valence-corrected chi connectivity index (χ0v) is 32.9. The first-order chi connectivity index (χ1) is 29.8. The van der Waals surface area contributed by atoms with Crippen molar-refractivity contribution in [1.82, 2.24) is 0 Å². The minimum atomic E-state index is -0.272. The summed E-state index contributed by atoms with van der Waals surface area (Å²) < 4.78 is 6.86. The number of anilines is 4. The summed E-state index contributed by atoms with van der Waals surface area (Å²) in [5, 5.41) is 8.20. The average Bonchev–Trinajstić information content (AvgIpc) is 3.78. The standard InChI is InChI=1S/C57H40N2O/c1-5-18-39(19-6-1)47-28-13-14-29-48(47)43-26-17-27-45(36-43)59(54-31-16-15-30-49(54)40-20-7-2-8-21-40)46-32-33-50-44(37-46)38-52(41-22-9-3-10-23-41)51-34-35-53-56(55(50)51)60-57(58-53)42-24-11-4-12-25-42/h1-38,57-58H. The lowest BCUT2D eigenvalue weighted by atomic mass is 9.92. The molecule has 1 aliphatic heterocycles. The number of ether oxygens (including phenoxy) is 1. The molecule has 0 radical (unpaired) electrons. The summed E-state index contributed by atoms with van der Waals surface area (Å²) in [5.41, 5.74) is 14.7. The third kappa shape index (κ3) is 6.34. The highest BCUT2D eigenvalue weighted by atomic mass is 16.5. The number of hydrogen-bond acceptors (Lipinski definition) is 3. The molecule has 3 nitrogen and oxygen atoms in total. The molecule has 1 heterocycles.